The third-order valence-corrected chi connectivity index (χ3v) is 5.44. The van der Waals surface area contributed by atoms with E-state index in [1.165, 1.54) is 11.8 Å². The van der Waals surface area contributed by atoms with E-state index in [0.29, 0.717) is 17.5 Å². The molecule has 1 N–H and O–H groups in total. The van der Waals surface area contributed by atoms with Gasteiger partial charge in [-0.25, -0.2) is 0 Å². The van der Waals surface area contributed by atoms with Gasteiger partial charge in [-0.2, -0.15) is 0 Å². The number of para-hydroxylation sites is 1. The van der Waals surface area contributed by atoms with Crippen LogP contribution in [-0.2, 0) is 11.3 Å². The molecule has 0 saturated carbocycles. The van der Waals surface area contributed by atoms with Crippen LogP contribution in [-0.4, -0.2) is 26.4 Å². The molecule has 0 saturated heterocycles. The number of ether oxygens (including phenoxy) is 1. The molecule has 1 unspecified atom stereocenters. The Morgan fingerprint density at radius 1 is 1.23 bits per heavy atom. The molecule has 0 aliphatic carbocycles. The fourth-order valence-corrected chi connectivity index (χ4v) is 3.71. The molecule has 0 bridgehead atoms. The molecule has 0 aliphatic rings. The number of benzene rings is 2. The minimum absolute atomic E-state index is 0.0861. The molecule has 0 spiro atoms. The van der Waals surface area contributed by atoms with E-state index in [2.05, 4.69) is 22.1 Å². The molecule has 6 nitrogen and oxygen atoms in total. The van der Waals surface area contributed by atoms with E-state index < -0.39 is 0 Å². The summed E-state index contributed by atoms with van der Waals surface area (Å²) in [5.74, 6) is 1.60. The Labute approximate surface area is 181 Å². The van der Waals surface area contributed by atoms with Crippen molar-refractivity contribution in [2.75, 3.05) is 11.1 Å². The Balaban J connectivity index is 1.67. The number of thioether (sulfide) groups is 1. The monoisotopic (exact) mass is 422 g/mol. The third-order valence-electron chi connectivity index (χ3n) is 4.48. The Hall–Kier alpha value is -3.06. The highest BCUT2D eigenvalue weighted by Gasteiger charge is 2.20. The fraction of sp³-hybridized carbons (Fsp3) is 0.261. The van der Waals surface area contributed by atoms with Gasteiger partial charge in [-0.05, 0) is 50.1 Å². The van der Waals surface area contributed by atoms with Crippen LogP contribution in [0.15, 0.2) is 66.3 Å². The van der Waals surface area contributed by atoms with Gasteiger partial charge in [-0.1, -0.05) is 48.2 Å². The number of rotatable bonds is 9. The molecule has 2 aromatic carbocycles. The van der Waals surface area contributed by atoms with E-state index in [9.17, 15) is 4.79 Å². The topological polar surface area (TPSA) is 69.0 Å². The zero-order chi connectivity index (χ0) is 21.5. The van der Waals surface area contributed by atoms with Crippen molar-refractivity contribution < 1.29 is 9.53 Å². The molecule has 1 amide bonds. The van der Waals surface area contributed by atoms with Gasteiger partial charge in [0.05, 0.1) is 5.75 Å². The summed E-state index contributed by atoms with van der Waals surface area (Å²) in [6, 6.07) is 15.6. The molecular weight excluding hydrogens is 396 g/mol. The maximum Gasteiger partial charge on any atom is 0.234 e. The molecule has 7 heteroatoms. The normalized spacial score (nSPS) is 11.7. The quantitative estimate of drug-likeness (QED) is 0.390. The molecule has 0 fully saturated rings. The first-order chi connectivity index (χ1) is 14.5. The van der Waals surface area contributed by atoms with Crippen LogP contribution < -0.4 is 10.1 Å². The zero-order valence-electron chi connectivity index (χ0n) is 17.5. The van der Waals surface area contributed by atoms with E-state index in [0.717, 1.165) is 22.6 Å². The second-order valence-corrected chi connectivity index (χ2v) is 7.91. The fourth-order valence-electron chi connectivity index (χ4n) is 2.95. The number of nitrogens with one attached hydrogen (secondary N) is 1. The van der Waals surface area contributed by atoms with Gasteiger partial charge >= 0.3 is 0 Å². The minimum Gasteiger partial charge on any atom is -0.483 e. The predicted octanol–water partition coefficient (Wildman–Crippen LogP) is 4.95. The second kappa shape index (κ2) is 10.1. The molecule has 1 aromatic heterocycles. The van der Waals surface area contributed by atoms with E-state index in [-0.39, 0.29) is 17.8 Å². The Kier molecular flexibility index (Phi) is 7.30. The highest BCUT2D eigenvalue weighted by molar-refractivity contribution is 7.99. The number of nitrogens with zero attached hydrogens (tertiary/aromatic N) is 3. The number of hydrogen-bond acceptors (Lipinski definition) is 5. The first kappa shape index (κ1) is 21.6. The zero-order valence-corrected chi connectivity index (χ0v) is 18.3. The van der Waals surface area contributed by atoms with E-state index >= 15 is 0 Å². The number of hydrogen-bond donors (Lipinski definition) is 1. The summed E-state index contributed by atoms with van der Waals surface area (Å²) in [5.41, 5.74) is 2.97. The van der Waals surface area contributed by atoms with Crippen LogP contribution in [0.3, 0.4) is 0 Å². The van der Waals surface area contributed by atoms with E-state index in [1.807, 2.05) is 73.9 Å². The first-order valence-corrected chi connectivity index (χ1v) is 10.7. The van der Waals surface area contributed by atoms with Gasteiger partial charge < -0.3 is 10.1 Å². The number of amides is 1. The van der Waals surface area contributed by atoms with Gasteiger partial charge in [-0.3, -0.25) is 9.36 Å². The number of carbonyl (C=O) groups is 1. The summed E-state index contributed by atoms with van der Waals surface area (Å²) >= 11 is 1.34. The van der Waals surface area contributed by atoms with Crippen molar-refractivity contribution in [3.63, 3.8) is 0 Å². The summed E-state index contributed by atoms with van der Waals surface area (Å²) in [6.45, 7) is 10.3. The van der Waals surface area contributed by atoms with Crippen molar-refractivity contribution >= 4 is 23.4 Å². The second-order valence-electron chi connectivity index (χ2n) is 6.97. The van der Waals surface area contributed by atoms with Crippen LogP contribution in [0.1, 0.15) is 30.0 Å². The molecule has 3 aromatic rings. The predicted molar refractivity (Wildman–Crippen MR) is 121 cm³/mol. The van der Waals surface area contributed by atoms with Crippen LogP contribution in [0, 0.1) is 13.8 Å². The van der Waals surface area contributed by atoms with Crippen molar-refractivity contribution in [3.8, 4) is 5.75 Å². The molecule has 0 radical (unpaired) electrons. The van der Waals surface area contributed by atoms with Gasteiger partial charge in [0.2, 0.25) is 5.91 Å². The molecule has 3 rings (SSSR count). The minimum atomic E-state index is -0.294. The van der Waals surface area contributed by atoms with Crippen molar-refractivity contribution in [3.05, 3.63) is 78.1 Å². The van der Waals surface area contributed by atoms with Crippen LogP contribution in [0.5, 0.6) is 5.75 Å². The van der Waals surface area contributed by atoms with E-state index in [1.54, 1.807) is 6.08 Å². The highest BCUT2D eigenvalue weighted by atomic mass is 32.2. The lowest BCUT2D eigenvalue weighted by Gasteiger charge is -2.15. The number of anilines is 1. The SMILES string of the molecule is C=CCn1c(SCC(=O)Nc2cc(C)ccc2C)nnc1C(C)Oc1ccccc1. The molecule has 156 valence electrons. The summed E-state index contributed by atoms with van der Waals surface area (Å²) in [7, 11) is 0. The van der Waals surface area contributed by atoms with E-state index in [4.69, 9.17) is 4.74 Å². The van der Waals surface area contributed by atoms with Gasteiger partial charge in [0.1, 0.15) is 5.75 Å². The molecule has 1 atom stereocenters. The van der Waals surface area contributed by atoms with Crippen LogP contribution in [0.25, 0.3) is 0 Å². The van der Waals surface area contributed by atoms with Crippen molar-refractivity contribution in [1.82, 2.24) is 14.8 Å². The average molecular weight is 423 g/mol. The van der Waals surface area contributed by atoms with Crippen molar-refractivity contribution in [2.24, 2.45) is 0 Å². The lowest BCUT2D eigenvalue weighted by Crippen LogP contribution is -2.16. The van der Waals surface area contributed by atoms with Crippen LogP contribution in [0.4, 0.5) is 5.69 Å². The first-order valence-electron chi connectivity index (χ1n) is 9.73. The number of allylic oxidation sites excluding steroid dienone is 1. The number of carbonyl (C=O) groups excluding carboxylic acids is 1. The van der Waals surface area contributed by atoms with Gasteiger partial charge in [0, 0.05) is 12.2 Å². The Bertz CT molecular complexity index is 1020. The molecule has 30 heavy (non-hydrogen) atoms. The van der Waals surface area contributed by atoms with Gasteiger partial charge in [-0.15, -0.1) is 16.8 Å². The van der Waals surface area contributed by atoms with Crippen LogP contribution >= 0.6 is 11.8 Å². The maximum absolute atomic E-state index is 12.5. The summed E-state index contributed by atoms with van der Waals surface area (Å²) in [5, 5.41) is 12.2. The lowest BCUT2D eigenvalue weighted by molar-refractivity contribution is -0.113. The summed E-state index contributed by atoms with van der Waals surface area (Å²) < 4.78 is 7.91. The highest BCUT2D eigenvalue weighted by Crippen LogP contribution is 2.25. The van der Waals surface area contributed by atoms with Crippen LogP contribution in [0.2, 0.25) is 0 Å². The average Bonchev–Trinajstić information content (AvgIpc) is 3.13. The largest absolute Gasteiger partial charge is 0.483 e. The van der Waals surface area contributed by atoms with Crippen molar-refractivity contribution in [2.45, 2.75) is 38.6 Å². The molecule has 1 heterocycles. The Morgan fingerprint density at radius 3 is 2.73 bits per heavy atom. The van der Waals surface area contributed by atoms with Gasteiger partial charge in [0.25, 0.3) is 0 Å². The standard InChI is InChI=1S/C23H26N4O2S/c1-5-13-27-22(18(4)29-19-9-7-6-8-10-19)25-26-23(27)30-15-21(28)24-20-14-16(2)11-12-17(20)3/h5-12,14,18H,1,13,15H2,2-4H3,(H,24,28). The number of aromatic nitrogens is 3. The van der Waals surface area contributed by atoms with Gasteiger partial charge in [0.15, 0.2) is 17.1 Å². The third kappa shape index (κ3) is 5.51. The maximum atomic E-state index is 12.5. The number of aryl methyl sites for hydroxylation is 2. The summed E-state index contributed by atoms with van der Waals surface area (Å²) in [6.07, 6.45) is 1.49. The molecular formula is C23H26N4O2S. The lowest BCUT2D eigenvalue weighted by atomic mass is 10.1. The summed E-state index contributed by atoms with van der Waals surface area (Å²) in [4.78, 5) is 12.5. The van der Waals surface area contributed by atoms with Crippen molar-refractivity contribution in [1.29, 1.82) is 0 Å². The molecule has 0 aliphatic heterocycles. The Morgan fingerprint density at radius 2 is 2.00 bits per heavy atom. The smallest absolute Gasteiger partial charge is 0.234 e.